The van der Waals surface area contributed by atoms with Crippen molar-refractivity contribution in [3.05, 3.63) is 52.6 Å². The van der Waals surface area contributed by atoms with Gasteiger partial charge in [-0.3, -0.25) is 0 Å². The van der Waals surface area contributed by atoms with Crippen LogP contribution in [0.2, 0.25) is 0 Å². The lowest BCUT2D eigenvalue weighted by Gasteiger charge is -2.04. The van der Waals surface area contributed by atoms with Crippen LogP contribution in [-0.2, 0) is 6.61 Å². The average molecular weight is 271 g/mol. The lowest BCUT2D eigenvalue weighted by atomic mass is 10.3. The van der Waals surface area contributed by atoms with Gasteiger partial charge in [-0.25, -0.2) is 4.39 Å². The Hall–Kier alpha value is -1.29. The Morgan fingerprint density at radius 3 is 2.87 bits per heavy atom. The number of hydrogen-bond acceptors (Lipinski definition) is 2. The zero-order chi connectivity index (χ0) is 10.7. The summed E-state index contributed by atoms with van der Waals surface area (Å²) in [6, 6.07) is 8.20. The zero-order valence-corrected chi connectivity index (χ0v) is 9.33. The summed E-state index contributed by atoms with van der Waals surface area (Å²) in [6.07, 6.45) is 1.57. The second-order valence-electron chi connectivity index (χ2n) is 2.94. The molecule has 0 atom stereocenters. The van der Waals surface area contributed by atoms with E-state index in [1.54, 1.807) is 30.5 Å². The van der Waals surface area contributed by atoms with Crippen molar-refractivity contribution in [2.45, 2.75) is 6.61 Å². The topological polar surface area (TPSA) is 22.4 Å². The highest BCUT2D eigenvalue weighted by atomic mass is 79.9. The maximum absolute atomic E-state index is 13.1. The molecule has 15 heavy (non-hydrogen) atoms. The molecule has 0 aliphatic heterocycles. The first-order valence-corrected chi connectivity index (χ1v) is 5.15. The summed E-state index contributed by atoms with van der Waals surface area (Å²) in [5.41, 5.74) is 0. The number of hydrogen-bond donors (Lipinski definition) is 0. The molecule has 0 amide bonds. The molecular weight excluding hydrogens is 263 g/mol. The van der Waals surface area contributed by atoms with E-state index in [1.165, 1.54) is 6.07 Å². The zero-order valence-electron chi connectivity index (χ0n) is 7.74. The van der Waals surface area contributed by atoms with Gasteiger partial charge in [-0.1, -0.05) is 0 Å². The number of ether oxygens (including phenoxy) is 1. The van der Waals surface area contributed by atoms with Crippen LogP contribution in [0.4, 0.5) is 4.39 Å². The minimum Gasteiger partial charge on any atom is -0.486 e. The molecule has 4 heteroatoms. The lowest BCUT2D eigenvalue weighted by molar-refractivity contribution is 0.269. The molecule has 0 radical (unpaired) electrons. The van der Waals surface area contributed by atoms with Crippen LogP contribution in [0.15, 0.2) is 45.5 Å². The maximum Gasteiger partial charge on any atom is 0.146 e. The predicted molar refractivity (Wildman–Crippen MR) is 57.1 cm³/mol. The molecule has 2 rings (SSSR count). The summed E-state index contributed by atoms with van der Waals surface area (Å²) in [4.78, 5) is 0. The smallest absolute Gasteiger partial charge is 0.146 e. The van der Waals surface area contributed by atoms with E-state index in [0.717, 1.165) is 0 Å². The maximum atomic E-state index is 13.1. The highest BCUT2D eigenvalue weighted by Crippen LogP contribution is 2.21. The van der Waals surface area contributed by atoms with E-state index in [0.29, 0.717) is 22.6 Å². The second-order valence-corrected chi connectivity index (χ2v) is 3.80. The summed E-state index contributed by atoms with van der Waals surface area (Å²) in [7, 11) is 0. The predicted octanol–water partition coefficient (Wildman–Crippen LogP) is 3.76. The van der Waals surface area contributed by atoms with Crippen molar-refractivity contribution >= 4 is 15.9 Å². The van der Waals surface area contributed by atoms with Gasteiger partial charge in [0.15, 0.2) is 0 Å². The molecule has 0 aliphatic carbocycles. The minimum atomic E-state index is -0.341. The molecule has 1 aromatic heterocycles. The minimum absolute atomic E-state index is 0.300. The van der Waals surface area contributed by atoms with Gasteiger partial charge in [0.25, 0.3) is 0 Å². The first kappa shape index (κ1) is 10.2. The Morgan fingerprint density at radius 1 is 1.33 bits per heavy atom. The first-order valence-electron chi connectivity index (χ1n) is 4.36. The largest absolute Gasteiger partial charge is 0.486 e. The molecule has 0 fully saturated rings. The van der Waals surface area contributed by atoms with Crippen molar-refractivity contribution in [2.24, 2.45) is 0 Å². The van der Waals surface area contributed by atoms with Crippen LogP contribution in [0.5, 0.6) is 5.75 Å². The van der Waals surface area contributed by atoms with E-state index in [1.807, 2.05) is 0 Å². The summed E-state index contributed by atoms with van der Waals surface area (Å²) in [6.45, 7) is 0.300. The number of rotatable bonds is 3. The summed E-state index contributed by atoms with van der Waals surface area (Å²) in [5.74, 6) is 0.845. The summed E-state index contributed by atoms with van der Waals surface area (Å²) in [5, 5.41) is 0. The lowest BCUT2D eigenvalue weighted by Crippen LogP contribution is -1.94. The van der Waals surface area contributed by atoms with Gasteiger partial charge >= 0.3 is 0 Å². The number of furan rings is 1. The van der Waals surface area contributed by atoms with Crippen LogP contribution in [0.3, 0.4) is 0 Å². The molecule has 0 bridgehead atoms. The van der Waals surface area contributed by atoms with Crippen LogP contribution < -0.4 is 4.74 Å². The van der Waals surface area contributed by atoms with Gasteiger partial charge in [-0.2, -0.15) is 0 Å². The van der Waals surface area contributed by atoms with Crippen molar-refractivity contribution in [2.75, 3.05) is 0 Å². The molecule has 0 aliphatic rings. The van der Waals surface area contributed by atoms with Gasteiger partial charge in [0, 0.05) is 6.07 Å². The fourth-order valence-corrected chi connectivity index (χ4v) is 1.36. The molecule has 0 saturated carbocycles. The van der Waals surface area contributed by atoms with E-state index in [9.17, 15) is 4.39 Å². The Balaban J connectivity index is 2.02. The molecule has 0 unspecified atom stereocenters. The monoisotopic (exact) mass is 270 g/mol. The third-order valence-electron chi connectivity index (χ3n) is 1.85. The number of benzene rings is 1. The van der Waals surface area contributed by atoms with Crippen molar-refractivity contribution in [3.63, 3.8) is 0 Å². The molecular formula is C11H8BrFO2. The van der Waals surface area contributed by atoms with Crippen molar-refractivity contribution in [1.82, 2.24) is 0 Å². The molecule has 1 heterocycles. The van der Waals surface area contributed by atoms with Crippen molar-refractivity contribution < 1.29 is 13.5 Å². The van der Waals surface area contributed by atoms with Crippen LogP contribution in [0.1, 0.15) is 5.76 Å². The molecule has 0 spiro atoms. The molecule has 2 nitrogen and oxygen atoms in total. The molecule has 2 aromatic rings. The quantitative estimate of drug-likeness (QED) is 0.848. The van der Waals surface area contributed by atoms with Gasteiger partial charge in [-0.05, 0) is 40.2 Å². The average Bonchev–Trinajstić information content (AvgIpc) is 2.73. The SMILES string of the molecule is Fc1cc(OCc2ccco2)ccc1Br. The highest BCUT2D eigenvalue weighted by Gasteiger charge is 2.02. The van der Waals surface area contributed by atoms with Gasteiger partial charge in [0.05, 0.1) is 10.7 Å². The molecule has 1 aromatic carbocycles. The third kappa shape index (κ3) is 2.59. The van der Waals surface area contributed by atoms with Gasteiger partial charge in [-0.15, -0.1) is 0 Å². The summed E-state index contributed by atoms with van der Waals surface area (Å²) >= 11 is 3.07. The van der Waals surface area contributed by atoms with Crippen LogP contribution in [0.25, 0.3) is 0 Å². The van der Waals surface area contributed by atoms with E-state index in [2.05, 4.69) is 15.9 Å². The van der Waals surface area contributed by atoms with Gasteiger partial charge in [0.2, 0.25) is 0 Å². The fraction of sp³-hybridized carbons (Fsp3) is 0.0909. The Morgan fingerprint density at radius 2 is 2.20 bits per heavy atom. The highest BCUT2D eigenvalue weighted by molar-refractivity contribution is 9.10. The normalized spacial score (nSPS) is 10.3. The Kier molecular flexibility index (Phi) is 3.06. The first-order chi connectivity index (χ1) is 7.25. The van der Waals surface area contributed by atoms with Crippen LogP contribution >= 0.6 is 15.9 Å². The van der Waals surface area contributed by atoms with Gasteiger partial charge in [0.1, 0.15) is 23.9 Å². The second kappa shape index (κ2) is 4.49. The third-order valence-corrected chi connectivity index (χ3v) is 2.50. The summed E-state index contributed by atoms with van der Waals surface area (Å²) < 4.78 is 23.9. The fourth-order valence-electron chi connectivity index (χ4n) is 1.12. The Bertz CT molecular complexity index is 440. The van der Waals surface area contributed by atoms with Crippen molar-refractivity contribution in [1.29, 1.82) is 0 Å². The molecule has 0 saturated heterocycles. The number of halogens is 2. The Labute approximate surface area is 94.8 Å². The van der Waals surface area contributed by atoms with Gasteiger partial charge < -0.3 is 9.15 Å². The van der Waals surface area contributed by atoms with E-state index < -0.39 is 0 Å². The van der Waals surface area contributed by atoms with Crippen molar-refractivity contribution in [3.8, 4) is 5.75 Å². The molecule has 0 N–H and O–H groups in total. The van der Waals surface area contributed by atoms with Crippen LogP contribution in [0, 0.1) is 5.82 Å². The van der Waals surface area contributed by atoms with Crippen LogP contribution in [-0.4, -0.2) is 0 Å². The van der Waals surface area contributed by atoms with E-state index in [-0.39, 0.29) is 5.82 Å². The van der Waals surface area contributed by atoms with E-state index >= 15 is 0 Å². The van der Waals surface area contributed by atoms with E-state index in [4.69, 9.17) is 9.15 Å². The standard InChI is InChI=1S/C11H8BrFO2/c12-10-4-3-8(6-11(10)13)15-7-9-2-1-5-14-9/h1-6H,7H2. The molecule has 78 valence electrons.